The lowest BCUT2D eigenvalue weighted by Crippen LogP contribution is -2.37. The molecule has 0 unspecified atom stereocenters. The van der Waals surface area contributed by atoms with Crippen molar-refractivity contribution in [2.24, 2.45) is 0 Å². The number of nitrogens with one attached hydrogen (secondary N) is 2. The molecule has 0 saturated carbocycles. The maximum absolute atomic E-state index is 12.0. The number of hydrogen-bond donors (Lipinski definition) is 2. The molecule has 1 heterocycles. The summed E-state index contributed by atoms with van der Waals surface area (Å²) in [5.74, 6) is 0.632. The number of methoxy groups -OCH3 is 2. The second kappa shape index (κ2) is 9.27. The Bertz CT molecular complexity index is 720. The lowest BCUT2D eigenvalue weighted by atomic mass is 10.1. The first-order chi connectivity index (χ1) is 12.1. The van der Waals surface area contributed by atoms with Gasteiger partial charge in [0, 0.05) is 6.20 Å². The van der Waals surface area contributed by atoms with Gasteiger partial charge in [0.05, 0.1) is 39.4 Å². The molecule has 1 aromatic heterocycles. The van der Waals surface area contributed by atoms with Crippen LogP contribution in [0.4, 0.5) is 0 Å². The van der Waals surface area contributed by atoms with E-state index in [0.717, 1.165) is 11.3 Å². The van der Waals surface area contributed by atoms with Crippen LogP contribution in [0.15, 0.2) is 42.6 Å². The molecule has 0 bridgehead atoms. The third-order valence-electron chi connectivity index (χ3n) is 3.45. The van der Waals surface area contributed by atoms with Crippen molar-refractivity contribution < 1.29 is 19.1 Å². The fourth-order valence-corrected chi connectivity index (χ4v) is 2.17. The van der Waals surface area contributed by atoms with Crippen LogP contribution in [0.5, 0.6) is 11.5 Å². The Morgan fingerprint density at radius 2 is 1.80 bits per heavy atom. The van der Waals surface area contributed by atoms with Crippen LogP contribution in [-0.4, -0.2) is 37.6 Å². The number of pyridine rings is 1. The normalized spacial score (nSPS) is 10.0. The van der Waals surface area contributed by atoms with Gasteiger partial charge in [0.2, 0.25) is 11.8 Å². The minimum Gasteiger partial charge on any atom is -0.493 e. The van der Waals surface area contributed by atoms with Gasteiger partial charge in [-0.3, -0.25) is 14.6 Å². The molecule has 0 saturated heterocycles. The van der Waals surface area contributed by atoms with Crippen molar-refractivity contribution in [3.8, 4) is 11.5 Å². The summed E-state index contributed by atoms with van der Waals surface area (Å²) in [4.78, 5) is 27.8. The maximum Gasteiger partial charge on any atom is 0.239 e. The summed E-state index contributed by atoms with van der Waals surface area (Å²) in [6.45, 7) is 0.240. The Labute approximate surface area is 146 Å². The Morgan fingerprint density at radius 1 is 1.00 bits per heavy atom. The molecule has 2 aromatic rings. The van der Waals surface area contributed by atoms with Crippen molar-refractivity contribution in [3.05, 3.63) is 53.9 Å². The topological polar surface area (TPSA) is 89.5 Å². The summed E-state index contributed by atoms with van der Waals surface area (Å²) in [5, 5.41) is 5.29. The SMILES string of the molecule is COc1ccc(CC(=O)NCC(=O)NCc2ccccn2)cc1OC. The quantitative estimate of drug-likeness (QED) is 0.748. The molecule has 0 aliphatic heterocycles. The number of carbonyl (C=O) groups excluding carboxylic acids is 2. The number of aromatic nitrogens is 1. The van der Waals surface area contributed by atoms with Gasteiger partial charge in [0.25, 0.3) is 0 Å². The molecule has 0 spiro atoms. The molecule has 0 aliphatic rings. The monoisotopic (exact) mass is 343 g/mol. The predicted octanol–water partition coefficient (Wildman–Crippen LogP) is 1.07. The summed E-state index contributed by atoms with van der Waals surface area (Å²) in [6.07, 6.45) is 1.81. The number of rotatable bonds is 8. The number of benzene rings is 1. The van der Waals surface area contributed by atoms with Gasteiger partial charge in [-0.1, -0.05) is 12.1 Å². The second-order valence-electron chi connectivity index (χ2n) is 5.24. The lowest BCUT2D eigenvalue weighted by Gasteiger charge is -2.10. The number of ether oxygens (including phenoxy) is 2. The summed E-state index contributed by atoms with van der Waals surface area (Å²) in [7, 11) is 3.08. The highest BCUT2D eigenvalue weighted by molar-refractivity contribution is 5.85. The van der Waals surface area contributed by atoms with Gasteiger partial charge >= 0.3 is 0 Å². The van der Waals surface area contributed by atoms with Crippen LogP contribution in [0.2, 0.25) is 0 Å². The van der Waals surface area contributed by atoms with E-state index < -0.39 is 0 Å². The largest absolute Gasteiger partial charge is 0.493 e. The zero-order chi connectivity index (χ0) is 18.1. The van der Waals surface area contributed by atoms with Crippen LogP contribution in [0, 0.1) is 0 Å². The molecule has 132 valence electrons. The van der Waals surface area contributed by atoms with Gasteiger partial charge in [0.15, 0.2) is 11.5 Å². The zero-order valence-electron chi connectivity index (χ0n) is 14.2. The average molecular weight is 343 g/mol. The molecule has 0 aliphatic carbocycles. The van der Waals surface area contributed by atoms with E-state index in [1.54, 1.807) is 37.6 Å². The smallest absolute Gasteiger partial charge is 0.239 e. The van der Waals surface area contributed by atoms with Gasteiger partial charge in [-0.25, -0.2) is 0 Å². The molecule has 7 nitrogen and oxygen atoms in total. The molecule has 0 atom stereocenters. The van der Waals surface area contributed by atoms with E-state index >= 15 is 0 Å². The van der Waals surface area contributed by atoms with E-state index in [9.17, 15) is 9.59 Å². The molecule has 0 radical (unpaired) electrons. The van der Waals surface area contributed by atoms with E-state index in [2.05, 4.69) is 15.6 Å². The van der Waals surface area contributed by atoms with Crippen LogP contribution in [0.25, 0.3) is 0 Å². The van der Waals surface area contributed by atoms with Crippen molar-refractivity contribution in [2.75, 3.05) is 20.8 Å². The first kappa shape index (κ1) is 18.3. The van der Waals surface area contributed by atoms with E-state index in [0.29, 0.717) is 18.0 Å². The van der Waals surface area contributed by atoms with Crippen LogP contribution < -0.4 is 20.1 Å². The Hall–Kier alpha value is -3.09. The van der Waals surface area contributed by atoms with Gasteiger partial charge in [-0.2, -0.15) is 0 Å². The number of amides is 2. The van der Waals surface area contributed by atoms with Crippen molar-refractivity contribution in [1.82, 2.24) is 15.6 Å². The first-order valence-electron chi connectivity index (χ1n) is 7.76. The van der Waals surface area contributed by atoms with E-state index in [-0.39, 0.29) is 24.8 Å². The molecule has 2 amide bonds. The van der Waals surface area contributed by atoms with Crippen molar-refractivity contribution in [1.29, 1.82) is 0 Å². The lowest BCUT2D eigenvalue weighted by molar-refractivity contribution is -0.125. The highest BCUT2D eigenvalue weighted by atomic mass is 16.5. The number of hydrogen-bond acceptors (Lipinski definition) is 5. The molecule has 7 heteroatoms. The van der Waals surface area contributed by atoms with Crippen LogP contribution >= 0.6 is 0 Å². The van der Waals surface area contributed by atoms with Gasteiger partial charge in [0.1, 0.15) is 0 Å². The summed E-state index contributed by atoms with van der Waals surface area (Å²) in [6, 6.07) is 10.7. The summed E-state index contributed by atoms with van der Waals surface area (Å²) < 4.78 is 10.4. The highest BCUT2D eigenvalue weighted by Gasteiger charge is 2.09. The van der Waals surface area contributed by atoms with Crippen LogP contribution in [0.3, 0.4) is 0 Å². The Morgan fingerprint density at radius 3 is 2.48 bits per heavy atom. The molecule has 1 aromatic carbocycles. The van der Waals surface area contributed by atoms with Gasteiger partial charge in [-0.15, -0.1) is 0 Å². The van der Waals surface area contributed by atoms with Crippen molar-refractivity contribution in [3.63, 3.8) is 0 Å². The molecule has 25 heavy (non-hydrogen) atoms. The number of carbonyl (C=O) groups is 2. The molecule has 2 N–H and O–H groups in total. The minimum atomic E-state index is -0.272. The standard InChI is InChI=1S/C18H21N3O4/c1-24-15-7-6-13(9-16(15)25-2)10-17(22)21-12-18(23)20-11-14-5-3-4-8-19-14/h3-9H,10-12H2,1-2H3,(H,20,23)(H,21,22). The van der Waals surface area contributed by atoms with Gasteiger partial charge < -0.3 is 20.1 Å². The summed E-state index contributed by atoms with van der Waals surface area (Å²) in [5.41, 5.74) is 1.52. The second-order valence-corrected chi connectivity index (χ2v) is 5.24. The Kier molecular flexibility index (Phi) is 6.76. The van der Waals surface area contributed by atoms with E-state index in [4.69, 9.17) is 9.47 Å². The fourth-order valence-electron chi connectivity index (χ4n) is 2.17. The average Bonchev–Trinajstić information content (AvgIpc) is 2.65. The molecule has 0 fully saturated rings. The van der Waals surface area contributed by atoms with E-state index in [1.165, 1.54) is 7.11 Å². The van der Waals surface area contributed by atoms with Crippen LogP contribution in [-0.2, 0) is 22.6 Å². The molecular weight excluding hydrogens is 322 g/mol. The van der Waals surface area contributed by atoms with Crippen molar-refractivity contribution in [2.45, 2.75) is 13.0 Å². The molecule has 2 rings (SSSR count). The zero-order valence-corrected chi connectivity index (χ0v) is 14.2. The van der Waals surface area contributed by atoms with Gasteiger partial charge in [-0.05, 0) is 29.8 Å². The van der Waals surface area contributed by atoms with Crippen LogP contribution in [0.1, 0.15) is 11.3 Å². The number of nitrogens with zero attached hydrogens (tertiary/aromatic N) is 1. The summed E-state index contributed by atoms with van der Waals surface area (Å²) >= 11 is 0. The third kappa shape index (κ3) is 5.80. The predicted molar refractivity (Wildman–Crippen MR) is 92.3 cm³/mol. The Balaban J connectivity index is 1.77. The first-order valence-corrected chi connectivity index (χ1v) is 7.76. The maximum atomic E-state index is 12.0. The highest BCUT2D eigenvalue weighted by Crippen LogP contribution is 2.27. The van der Waals surface area contributed by atoms with E-state index in [1.807, 2.05) is 12.1 Å². The minimum absolute atomic E-state index is 0.0844. The molecular formula is C18H21N3O4. The van der Waals surface area contributed by atoms with Crippen molar-refractivity contribution >= 4 is 11.8 Å². The fraction of sp³-hybridized carbons (Fsp3) is 0.278. The third-order valence-corrected chi connectivity index (χ3v) is 3.45.